The molecule has 2 N–H and O–H groups in total. The third-order valence-electron chi connectivity index (χ3n) is 2.65. The van der Waals surface area contributed by atoms with Crippen molar-refractivity contribution in [2.45, 2.75) is 19.9 Å². The Morgan fingerprint density at radius 1 is 1.35 bits per heavy atom. The van der Waals surface area contributed by atoms with Crippen LogP contribution in [0.1, 0.15) is 24.9 Å². The number of halogens is 1. The molecule has 0 radical (unpaired) electrons. The second-order valence-corrected chi connectivity index (χ2v) is 5.68. The molecule has 2 aromatic rings. The Balaban J connectivity index is 2.30. The number of nitrogens with two attached hydrogens (primary N) is 1. The summed E-state index contributed by atoms with van der Waals surface area (Å²) in [6.07, 6.45) is 0. The monoisotopic (exact) mass is 266 g/mol. The van der Waals surface area contributed by atoms with E-state index in [0.717, 1.165) is 21.3 Å². The van der Waals surface area contributed by atoms with Gasteiger partial charge in [-0.15, -0.1) is 11.3 Å². The van der Waals surface area contributed by atoms with Gasteiger partial charge < -0.3 is 5.73 Å². The van der Waals surface area contributed by atoms with E-state index >= 15 is 0 Å². The number of nitrogens with zero attached hydrogens (tertiary/aromatic N) is 1. The van der Waals surface area contributed by atoms with Crippen LogP contribution in [0.3, 0.4) is 0 Å². The Kier molecular flexibility index (Phi) is 3.82. The van der Waals surface area contributed by atoms with Gasteiger partial charge in [0.1, 0.15) is 5.01 Å². The third-order valence-corrected chi connectivity index (χ3v) is 3.83. The van der Waals surface area contributed by atoms with Gasteiger partial charge in [0.25, 0.3) is 0 Å². The lowest BCUT2D eigenvalue weighted by atomic mass is 10.1. The summed E-state index contributed by atoms with van der Waals surface area (Å²) < 4.78 is 0. The minimum absolute atomic E-state index is 0.00735. The summed E-state index contributed by atoms with van der Waals surface area (Å²) in [7, 11) is 0. The SMILES string of the molecule is CC(C)C(N)c1nc(-c2cccc(Cl)c2)cs1. The summed E-state index contributed by atoms with van der Waals surface area (Å²) in [5.74, 6) is 0.397. The minimum atomic E-state index is 0.00735. The Hall–Kier alpha value is -0.900. The second kappa shape index (κ2) is 5.17. The number of hydrogen-bond acceptors (Lipinski definition) is 3. The first-order chi connectivity index (χ1) is 8.08. The molecule has 0 saturated heterocycles. The van der Waals surface area contributed by atoms with Crippen LogP contribution < -0.4 is 5.73 Å². The summed E-state index contributed by atoms with van der Waals surface area (Å²) in [4.78, 5) is 4.58. The van der Waals surface area contributed by atoms with Crippen LogP contribution in [0.2, 0.25) is 5.02 Å². The fourth-order valence-electron chi connectivity index (χ4n) is 1.51. The molecule has 0 spiro atoms. The van der Waals surface area contributed by atoms with E-state index < -0.39 is 0 Å². The standard InChI is InChI=1S/C13H15ClN2S/c1-8(2)12(15)13-16-11(7-17-13)9-4-3-5-10(14)6-9/h3-8,12H,15H2,1-2H3. The quantitative estimate of drug-likeness (QED) is 0.908. The van der Waals surface area contributed by atoms with Gasteiger partial charge in [-0.1, -0.05) is 37.6 Å². The minimum Gasteiger partial charge on any atom is -0.322 e. The topological polar surface area (TPSA) is 38.9 Å². The van der Waals surface area contributed by atoms with E-state index in [-0.39, 0.29) is 6.04 Å². The summed E-state index contributed by atoms with van der Waals surface area (Å²) in [6, 6.07) is 7.72. The highest BCUT2D eigenvalue weighted by Gasteiger charge is 2.15. The molecule has 17 heavy (non-hydrogen) atoms. The highest BCUT2D eigenvalue weighted by atomic mass is 35.5. The first kappa shape index (κ1) is 12.6. The maximum Gasteiger partial charge on any atom is 0.110 e. The van der Waals surface area contributed by atoms with E-state index in [9.17, 15) is 0 Å². The zero-order chi connectivity index (χ0) is 12.4. The fraction of sp³-hybridized carbons (Fsp3) is 0.308. The van der Waals surface area contributed by atoms with Crippen LogP contribution in [0.15, 0.2) is 29.6 Å². The van der Waals surface area contributed by atoms with E-state index in [1.165, 1.54) is 0 Å². The zero-order valence-corrected chi connectivity index (χ0v) is 11.4. The van der Waals surface area contributed by atoms with Gasteiger partial charge in [0.15, 0.2) is 0 Å². The van der Waals surface area contributed by atoms with Gasteiger partial charge in [0, 0.05) is 16.0 Å². The lowest BCUT2D eigenvalue weighted by Gasteiger charge is -2.11. The lowest BCUT2D eigenvalue weighted by molar-refractivity contribution is 0.512. The van der Waals surface area contributed by atoms with Crippen molar-refractivity contribution in [3.8, 4) is 11.3 Å². The molecule has 2 rings (SSSR count). The van der Waals surface area contributed by atoms with Crippen molar-refractivity contribution < 1.29 is 0 Å². The molecule has 0 aliphatic carbocycles. The molecule has 1 aromatic carbocycles. The van der Waals surface area contributed by atoms with Crippen molar-refractivity contribution in [1.29, 1.82) is 0 Å². The second-order valence-electron chi connectivity index (χ2n) is 4.35. The zero-order valence-electron chi connectivity index (χ0n) is 9.85. The molecule has 1 atom stereocenters. The van der Waals surface area contributed by atoms with Crippen molar-refractivity contribution in [3.05, 3.63) is 39.7 Å². The molecule has 2 nitrogen and oxygen atoms in total. The summed E-state index contributed by atoms with van der Waals surface area (Å²) in [5, 5.41) is 3.74. The highest BCUT2D eigenvalue weighted by molar-refractivity contribution is 7.10. The predicted molar refractivity (Wildman–Crippen MR) is 74.3 cm³/mol. The number of benzene rings is 1. The molecule has 1 heterocycles. The molecule has 1 aromatic heterocycles. The van der Waals surface area contributed by atoms with Gasteiger partial charge in [-0.05, 0) is 18.1 Å². The average molecular weight is 267 g/mol. The predicted octanol–water partition coefficient (Wildman–Crippen LogP) is 4.12. The molecular formula is C13H15ClN2S. The molecule has 90 valence electrons. The molecule has 0 saturated carbocycles. The van der Waals surface area contributed by atoms with Gasteiger partial charge in [-0.3, -0.25) is 0 Å². The summed E-state index contributed by atoms with van der Waals surface area (Å²) >= 11 is 7.57. The van der Waals surface area contributed by atoms with E-state index in [4.69, 9.17) is 17.3 Å². The Bertz CT molecular complexity index is 508. The van der Waals surface area contributed by atoms with Gasteiger partial charge in [-0.25, -0.2) is 4.98 Å². The van der Waals surface area contributed by atoms with Crippen molar-refractivity contribution in [2.24, 2.45) is 11.7 Å². The van der Waals surface area contributed by atoms with Crippen molar-refractivity contribution >= 4 is 22.9 Å². The first-order valence-electron chi connectivity index (χ1n) is 5.55. The van der Waals surface area contributed by atoms with Crippen molar-refractivity contribution in [2.75, 3.05) is 0 Å². The molecule has 0 amide bonds. The highest BCUT2D eigenvalue weighted by Crippen LogP contribution is 2.28. The normalized spacial score (nSPS) is 13.0. The number of hydrogen-bond donors (Lipinski definition) is 1. The molecule has 0 bridgehead atoms. The summed E-state index contributed by atoms with van der Waals surface area (Å²) in [6.45, 7) is 4.20. The maximum absolute atomic E-state index is 6.08. The van der Waals surface area contributed by atoms with Crippen LogP contribution in [-0.2, 0) is 0 Å². The van der Waals surface area contributed by atoms with Crippen LogP contribution in [-0.4, -0.2) is 4.98 Å². The van der Waals surface area contributed by atoms with Gasteiger partial charge in [0.05, 0.1) is 11.7 Å². The summed E-state index contributed by atoms with van der Waals surface area (Å²) in [5.41, 5.74) is 8.07. The third kappa shape index (κ3) is 2.86. The molecule has 1 unspecified atom stereocenters. The van der Waals surface area contributed by atoms with E-state index in [1.807, 2.05) is 29.6 Å². The van der Waals surface area contributed by atoms with Crippen molar-refractivity contribution in [1.82, 2.24) is 4.98 Å². The molecule has 0 fully saturated rings. The van der Waals surface area contributed by atoms with E-state index in [0.29, 0.717) is 5.92 Å². The molecular weight excluding hydrogens is 252 g/mol. The van der Waals surface area contributed by atoms with E-state index in [1.54, 1.807) is 11.3 Å². The number of rotatable bonds is 3. The Labute approximate surface area is 110 Å². The smallest absolute Gasteiger partial charge is 0.110 e. The lowest BCUT2D eigenvalue weighted by Crippen LogP contribution is -2.16. The molecule has 0 aliphatic heterocycles. The van der Waals surface area contributed by atoms with Crippen LogP contribution in [0.25, 0.3) is 11.3 Å². The fourth-order valence-corrected chi connectivity index (χ4v) is 2.70. The molecule has 4 heteroatoms. The van der Waals surface area contributed by atoms with Crippen LogP contribution >= 0.6 is 22.9 Å². The first-order valence-corrected chi connectivity index (χ1v) is 6.80. The number of aromatic nitrogens is 1. The maximum atomic E-state index is 6.08. The van der Waals surface area contributed by atoms with Crippen LogP contribution in [0.5, 0.6) is 0 Å². The van der Waals surface area contributed by atoms with Gasteiger partial charge in [0.2, 0.25) is 0 Å². The average Bonchev–Trinajstić information content (AvgIpc) is 2.77. The van der Waals surface area contributed by atoms with E-state index in [2.05, 4.69) is 18.8 Å². The van der Waals surface area contributed by atoms with Gasteiger partial charge >= 0.3 is 0 Å². The largest absolute Gasteiger partial charge is 0.322 e. The van der Waals surface area contributed by atoms with Crippen molar-refractivity contribution in [3.63, 3.8) is 0 Å². The van der Waals surface area contributed by atoms with Crippen LogP contribution in [0, 0.1) is 5.92 Å². The Morgan fingerprint density at radius 3 is 2.76 bits per heavy atom. The molecule has 0 aliphatic rings. The Morgan fingerprint density at radius 2 is 2.12 bits per heavy atom. The van der Waals surface area contributed by atoms with Gasteiger partial charge in [-0.2, -0.15) is 0 Å². The van der Waals surface area contributed by atoms with Crippen LogP contribution in [0.4, 0.5) is 0 Å². The number of thiazole rings is 1.